The molecule has 14 heavy (non-hydrogen) atoms. The van der Waals surface area contributed by atoms with E-state index in [1.165, 1.54) is 11.1 Å². The van der Waals surface area contributed by atoms with Gasteiger partial charge < -0.3 is 0 Å². The molecule has 1 heteroatoms. The van der Waals surface area contributed by atoms with Crippen LogP contribution in [0.3, 0.4) is 0 Å². The maximum absolute atomic E-state index is 4.25. The van der Waals surface area contributed by atoms with Crippen molar-refractivity contribution in [3.8, 4) is 0 Å². The zero-order valence-corrected chi connectivity index (χ0v) is 10.4. The number of benzene rings is 1. The average molecular weight is 208 g/mol. The fraction of sp³-hybridized carbons (Fsp3) is 0.538. The third-order valence-electron chi connectivity index (χ3n) is 2.96. The first-order chi connectivity index (χ1) is 6.45. The van der Waals surface area contributed by atoms with Crippen LogP contribution in [0.2, 0.25) is 0 Å². The van der Waals surface area contributed by atoms with Crippen LogP contribution >= 0.6 is 12.6 Å². The molecule has 1 unspecified atom stereocenters. The second kappa shape index (κ2) is 4.39. The smallest absolute Gasteiger partial charge is 0.0154 e. The van der Waals surface area contributed by atoms with Gasteiger partial charge in [0.05, 0.1) is 0 Å². The molecule has 0 radical (unpaired) electrons. The van der Waals surface area contributed by atoms with Crippen molar-refractivity contribution in [3.05, 3.63) is 35.4 Å². The summed E-state index contributed by atoms with van der Waals surface area (Å²) in [4.78, 5) is 0. The Labute approximate surface area is 93.1 Å². The molecule has 0 spiro atoms. The second-order valence-corrected chi connectivity index (χ2v) is 5.30. The quantitative estimate of drug-likeness (QED) is 0.690. The summed E-state index contributed by atoms with van der Waals surface area (Å²) in [5, 5.41) is 0. The average Bonchev–Trinajstić information content (AvgIpc) is 2.15. The third kappa shape index (κ3) is 2.78. The van der Waals surface area contributed by atoms with Crippen molar-refractivity contribution < 1.29 is 0 Å². The first-order valence-corrected chi connectivity index (χ1v) is 5.78. The zero-order valence-electron chi connectivity index (χ0n) is 9.54. The van der Waals surface area contributed by atoms with Crippen LogP contribution in [0.5, 0.6) is 0 Å². The second-order valence-electron chi connectivity index (χ2n) is 4.99. The van der Waals surface area contributed by atoms with Gasteiger partial charge in [-0.15, -0.1) is 0 Å². The Hall–Kier alpha value is -0.430. The maximum atomic E-state index is 4.25. The molecule has 1 rings (SSSR count). The fourth-order valence-electron chi connectivity index (χ4n) is 1.41. The standard InChI is InChI=1S/C13H20S/c1-10(13(2,3)4)12-7-5-11(9-14)6-8-12/h5-8,10,14H,9H2,1-4H3. The van der Waals surface area contributed by atoms with Gasteiger partial charge in [0.15, 0.2) is 0 Å². The minimum Gasteiger partial charge on any atom is -0.175 e. The summed E-state index contributed by atoms with van der Waals surface area (Å²) in [5.41, 5.74) is 3.05. The molecule has 1 atom stereocenters. The molecule has 1 aromatic carbocycles. The van der Waals surface area contributed by atoms with Crippen LogP contribution in [0.25, 0.3) is 0 Å². The van der Waals surface area contributed by atoms with E-state index < -0.39 is 0 Å². The van der Waals surface area contributed by atoms with Crippen molar-refractivity contribution in [1.82, 2.24) is 0 Å². The van der Waals surface area contributed by atoms with Gasteiger partial charge in [0.2, 0.25) is 0 Å². The molecule has 0 saturated heterocycles. The highest BCUT2D eigenvalue weighted by molar-refractivity contribution is 7.79. The minimum atomic E-state index is 0.336. The van der Waals surface area contributed by atoms with Gasteiger partial charge in [-0.1, -0.05) is 52.0 Å². The van der Waals surface area contributed by atoms with E-state index in [-0.39, 0.29) is 0 Å². The van der Waals surface area contributed by atoms with Crippen LogP contribution < -0.4 is 0 Å². The van der Waals surface area contributed by atoms with E-state index in [0.717, 1.165) is 5.75 Å². The molecule has 0 aromatic heterocycles. The molecule has 0 amide bonds. The highest BCUT2D eigenvalue weighted by atomic mass is 32.1. The lowest BCUT2D eigenvalue weighted by atomic mass is 9.78. The predicted octanol–water partition coefficient (Wildman–Crippen LogP) is 4.27. The normalized spacial score (nSPS) is 14.1. The van der Waals surface area contributed by atoms with Gasteiger partial charge >= 0.3 is 0 Å². The van der Waals surface area contributed by atoms with E-state index in [0.29, 0.717) is 11.3 Å². The molecule has 0 nitrogen and oxygen atoms in total. The lowest BCUT2D eigenvalue weighted by Gasteiger charge is -2.27. The Morgan fingerprint density at radius 3 is 2.00 bits per heavy atom. The van der Waals surface area contributed by atoms with Gasteiger partial charge in [-0.05, 0) is 22.5 Å². The summed E-state index contributed by atoms with van der Waals surface area (Å²) in [5.74, 6) is 1.42. The van der Waals surface area contributed by atoms with Crippen LogP contribution in [-0.4, -0.2) is 0 Å². The molecule has 0 bridgehead atoms. The summed E-state index contributed by atoms with van der Waals surface area (Å²) in [7, 11) is 0. The molecular weight excluding hydrogens is 188 g/mol. The van der Waals surface area contributed by atoms with E-state index >= 15 is 0 Å². The third-order valence-corrected chi connectivity index (χ3v) is 3.33. The number of hydrogen-bond acceptors (Lipinski definition) is 1. The number of hydrogen-bond donors (Lipinski definition) is 1. The predicted molar refractivity (Wildman–Crippen MR) is 67.0 cm³/mol. The van der Waals surface area contributed by atoms with Gasteiger partial charge in [-0.2, -0.15) is 12.6 Å². The molecule has 0 aliphatic carbocycles. The molecule has 0 aliphatic rings. The number of thiol groups is 1. The largest absolute Gasteiger partial charge is 0.175 e. The van der Waals surface area contributed by atoms with Crippen molar-refractivity contribution in [2.24, 2.45) is 5.41 Å². The summed E-state index contributed by atoms with van der Waals surface area (Å²) >= 11 is 4.25. The molecule has 0 heterocycles. The van der Waals surface area contributed by atoms with Crippen molar-refractivity contribution in [3.63, 3.8) is 0 Å². The van der Waals surface area contributed by atoms with E-state index in [1.54, 1.807) is 0 Å². The molecule has 78 valence electrons. The van der Waals surface area contributed by atoms with Gasteiger partial charge in [0, 0.05) is 5.75 Å². The Kier molecular flexibility index (Phi) is 3.65. The first-order valence-electron chi connectivity index (χ1n) is 5.15. The molecule has 0 N–H and O–H groups in total. The number of rotatable bonds is 2. The van der Waals surface area contributed by atoms with E-state index in [9.17, 15) is 0 Å². The lowest BCUT2D eigenvalue weighted by Crippen LogP contribution is -2.15. The van der Waals surface area contributed by atoms with Crippen LogP contribution in [0.15, 0.2) is 24.3 Å². The zero-order chi connectivity index (χ0) is 10.8. The molecule has 0 saturated carbocycles. The Morgan fingerprint density at radius 2 is 1.64 bits per heavy atom. The van der Waals surface area contributed by atoms with Crippen LogP contribution in [0.4, 0.5) is 0 Å². The summed E-state index contributed by atoms with van der Waals surface area (Å²) in [6.45, 7) is 9.13. The van der Waals surface area contributed by atoms with Crippen molar-refractivity contribution in [2.45, 2.75) is 39.4 Å². The van der Waals surface area contributed by atoms with Crippen molar-refractivity contribution >= 4 is 12.6 Å². The topological polar surface area (TPSA) is 0 Å². The summed E-state index contributed by atoms with van der Waals surface area (Å²) < 4.78 is 0. The molecule has 1 aromatic rings. The first kappa shape index (κ1) is 11.6. The summed E-state index contributed by atoms with van der Waals surface area (Å²) in [6, 6.07) is 8.79. The van der Waals surface area contributed by atoms with Crippen LogP contribution in [0, 0.1) is 5.41 Å². The van der Waals surface area contributed by atoms with E-state index in [2.05, 4.69) is 64.6 Å². The Morgan fingerprint density at radius 1 is 1.14 bits per heavy atom. The van der Waals surface area contributed by atoms with Gasteiger partial charge in [-0.3, -0.25) is 0 Å². The van der Waals surface area contributed by atoms with Gasteiger partial charge in [0.1, 0.15) is 0 Å². The maximum Gasteiger partial charge on any atom is 0.0154 e. The molecule has 0 aliphatic heterocycles. The van der Waals surface area contributed by atoms with Crippen molar-refractivity contribution in [2.75, 3.05) is 0 Å². The van der Waals surface area contributed by atoms with Gasteiger partial charge in [-0.25, -0.2) is 0 Å². The Bertz CT molecular complexity index is 279. The molecule has 0 fully saturated rings. The highest BCUT2D eigenvalue weighted by Crippen LogP contribution is 2.34. The van der Waals surface area contributed by atoms with Gasteiger partial charge in [0.25, 0.3) is 0 Å². The van der Waals surface area contributed by atoms with E-state index in [1.807, 2.05) is 0 Å². The Balaban J connectivity index is 2.87. The van der Waals surface area contributed by atoms with E-state index in [4.69, 9.17) is 0 Å². The van der Waals surface area contributed by atoms with Crippen molar-refractivity contribution in [1.29, 1.82) is 0 Å². The van der Waals surface area contributed by atoms with Crippen LogP contribution in [-0.2, 0) is 5.75 Å². The summed E-state index contributed by atoms with van der Waals surface area (Å²) in [6.07, 6.45) is 0. The molecular formula is C13H20S. The minimum absolute atomic E-state index is 0.336. The fourth-order valence-corrected chi connectivity index (χ4v) is 1.62. The monoisotopic (exact) mass is 208 g/mol. The van der Waals surface area contributed by atoms with Crippen LogP contribution in [0.1, 0.15) is 44.7 Å². The SMILES string of the molecule is CC(c1ccc(CS)cc1)C(C)(C)C. The highest BCUT2D eigenvalue weighted by Gasteiger charge is 2.21. The lowest BCUT2D eigenvalue weighted by molar-refractivity contribution is 0.339.